The van der Waals surface area contributed by atoms with E-state index in [-0.39, 0.29) is 16.2 Å². The number of ether oxygens (including phenoxy) is 1. The van der Waals surface area contributed by atoms with Gasteiger partial charge >= 0.3 is 0 Å². The third kappa shape index (κ3) is 4.69. The van der Waals surface area contributed by atoms with E-state index in [1.807, 2.05) is 0 Å². The standard InChI is InChI=1S/C13H17N5O4S2/c1-8-16-13(18-17-8)23-6-5-15-12(19)10-7-9(24(14,20)21)3-4-11(10)22-2/h3-4,7H,5-6H2,1-2H3,(H,15,19)(H2,14,20,21)(H,16,17,18). The van der Waals surface area contributed by atoms with Crippen molar-refractivity contribution in [3.05, 3.63) is 29.6 Å². The number of carbonyl (C=O) groups excluding carboxylic acids is 1. The van der Waals surface area contributed by atoms with Crippen molar-refractivity contribution < 1.29 is 17.9 Å². The van der Waals surface area contributed by atoms with Crippen LogP contribution in [-0.2, 0) is 10.0 Å². The highest BCUT2D eigenvalue weighted by atomic mass is 32.2. The van der Waals surface area contributed by atoms with Crippen molar-refractivity contribution in [1.29, 1.82) is 0 Å². The van der Waals surface area contributed by atoms with Crippen LogP contribution < -0.4 is 15.2 Å². The van der Waals surface area contributed by atoms with Crippen LogP contribution in [0, 0.1) is 6.92 Å². The number of aromatic amines is 1. The summed E-state index contributed by atoms with van der Waals surface area (Å²) in [6.07, 6.45) is 0. The fourth-order valence-electron chi connectivity index (χ4n) is 1.83. The Morgan fingerprint density at radius 2 is 2.21 bits per heavy atom. The van der Waals surface area contributed by atoms with E-state index in [1.165, 1.54) is 37.1 Å². The van der Waals surface area contributed by atoms with Crippen LogP contribution in [0.4, 0.5) is 0 Å². The molecule has 4 N–H and O–H groups in total. The van der Waals surface area contributed by atoms with Crippen LogP contribution in [0.25, 0.3) is 0 Å². The van der Waals surface area contributed by atoms with Crippen LogP contribution >= 0.6 is 11.8 Å². The van der Waals surface area contributed by atoms with Gasteiger partial charge in [-0.25, -0.2) is 18.5 Å². The molecule has 0 aliphatic rings. The molecule has 0 atom stereocenters. The maximum Gasteiger partial charge on any atom is 0.255 e. The topological polar surface area (TPSA) is 140 Å². The molecule has 9 nitrogen and oxygen atoms in total. The van der Waals surface area contributed by atoms with Gasteiger partial charge in [0.15, 0.2) is 0 Å². The Bertz CT molecular complexity index is 835. The third-order valence-electron chi connectivity index (χ3n) is 2.94. The lowest BCUT2D eigenvalue weighted by Crippen LogP contribution is -2.26. The second-order valence-electron chi connectivity index (χ2n) is 4.71. The maximum atomic E-state index is 12.2. The number of carbonyl (C=O) groups is 1. The summed E-state index contributed by atoms with van der Waals surface area (Å²) in [5, 5.41) is 15.1. The first-order chi connectivity index (χ1) is 11.3. The van der Waals surface area contributed by atoms with Crippen molar-refractivity contribution in [3.63, 3.8) is 0 Å². The number of benzene rings is 1. The number of hydrogen-bond donors (Lipinski definition) is 3. The molecular formula is C13H17N5O4S2. The van der Waals surface area contributed by atoms with E-state index >= 15 is 0 Å². The highest BCUT2D eigenvalue weighted by Crippen LogP contribution is 2.22. The average molecular weight is 371 g/mol. The molecule has 11 heteroatoms. The fraction of sp³-hybridized carbons (Fsp3) is 0.308. The number of amides is 1. The molecule has 0 bridgehead atoms. The maximum absolute atomic E-state index is 12.2. The Morgan fingerprint density at radius 3 is 2.79 bits per heavy atom. The highest BCUT2D eigenvalue weighted by molar-refractivity contribution is 7.99. The molecule has 1 aromatic carbocycles. The lowest BCUT2D eigenvalue weighted by molar-refractivity contribution is 0.0953. The van der Waals surface area contributed by atoms with E-state index in [0.717, 1.165) is 0 Å². The zero-order valence-corrected chi connectivity index (χ0v) is 14.7. The lowest BCUT2D eigenvalue weighted by atomic mass is 10.2. The van der Waals surface area contributed by atoms with E-state index in [2.05, 4.69) is 20.5 Å². The van der Waals surface area contributed by atoms with Gasteiger partial charge in [-0.1, -0.05) is 11.8 Å². The number of nitrogens with one attached hydrogen (secondary N) is 2. The van der Waals surface area contributed by atoms with Crippen molar-refractivity contribution >= 4 is 27.7 Å². The molecule has 0 saturated carbocycles. The predicted molar refractivity (Wildman–Crippen MR) is 88.5 cm³/mol. The summed E-state index contributed by atoms with van der Waals surface area (Å²) in [4.78, 5) is 16.2. The first-order valence-corrected chi connectivity index (χ1v) is 9.35. The second-order valence-corrected chi connectivity index (χ2v) is 7.34. The molecule has 0 unspecified atom stereocenters. The molecule has 130 valence electrons. The van der Waals surface area contributed by atoms with Crippen molar-refractivity contribution in [2.75, 3.05) is 19.4 Å². The SMILES string of the molecule is COc1ccc(S(N)(=O)=O)cc1C(=O)NCCSc1n[nH]c(C)n1. The normalized spacial score (nSPS) is 11.3. The zero-order chi connectivity index (χ0) is 17.7. The molecule has 1 heterocycles. The van der Waals surface area contributed by atoms with Crippen LogP contribution in [0.15, 0.2) is 28.3 Å². The quantitative estimate of drug-likeness (QED) is 0.469. The first kappa shape index (κ1) is 18.2. The van der Waals surface area contributed by atoms with Crippen molar-refractivity contribution in [2.45, 2.75) is 17.0 Å². The number of aryl methyl sites for hydroxylation is 1. The molecule has 2 aromatic rings. The molecule has 1 aromatic heterocycles. The number of methoxy groups -OCH3 is 1. The van der Waals surface area contributed by atoms with Gasteiger partial charge in [0.05, 0.1) is 17.6 Å². The van der Waals surface area contributed by atoms with Gasteiger partial charge in [0.25, 0.3) is 5.91 Å². The molecule has 0 fully saturated rings. The molecule has 24 heavy (non-hydrogen) atoms. The summed E-state index contributed by atoms with van der Waals surface area (Å²) in [6.45, 7) is 2.14. The Labute approximate surface area is 143 Å². The fourth-order valence-corrected chi connectivity index (χ4v) is 3.07. The van der Waals surface area contributed by atoms with E-state index < -0.39 is 15.9 Å². The molecular weight excluding hydrogens is 354 g/mol. The van der Waals surface area contributed by atoms with Gasteiger partial charge in [-0.3, -0.25) is 9.89 Å². The average Bonchev–Trinajstić information content (AvgIpc) is 2.95. The minimum absolute atomic E-state index is 0.0998. The third-order valence-corrected chi connectivity index (χ3v) is 4.70. The van der Waals surface area contributed by atoms with E-state index in [4.69, 9.17) is 9.88 Å². The molecule has 1 amide bonds. The minimum Gasteiger partial charge on any atom is -0.496 e. The lowest BCUT2D eigenvalue weighted by Gasteiger charge is -2.10. The number of sulfonamides is 1. The summed E-state index contributed by atoms with van der Waals surface area (Å²) < 4.78 is 27.9. The second kappa shape index (κ2) is 7.64. The Kier molecular flexibility index (Phi) is 5.80. The summed E-state index contributed by atoms with van der Waals surface area (Å²) in [6, 6.07) is 3.86. The van der Waals surface area contributed by atoms with Crippen molar-refractivity contribution in [1.82, 2.24) is 20.5 Å². The van der Waals surface area contributed by atoms with Crippen LogP contribution in [-0.4, -0.2) is 48.9 Å². The highest BCUT2D eigenvalue weighted by Gasteiger charge is 2.17. The number of H-pyrrole nitrogens is 1. The van der Waals surface area contributed by atoms with Gasteiger partial charge in [-0.05, 0) is 25.1 Å². The Morgan fingerprint density at radius 1 is 1.46 bits per heavy atom. The van der Waals surface area contributed by atoms with Gasteiger partial charge in [0.1, 0.15) is 11.6 Å². The summed E-state index contributed by atoms with van der Waals surface area (Å²) >= 11 is 1.38. The van der Waals surface area contributed by atoms with Crippen molar-refractivity contribution in [2.24, 2.45) is 5.14 Å². The number of aromatic nitrogens is 3. The van der Waals surface area contributed by atoms with Gasteiger partial charge < -0.3 is 10.1 Å². The van der Waals surface area contributed by atoms with Crippen LogP contribution in [0.3, 0.4) is 0 Å². The monoisotopic (exact) mass is 371 g/mol. The summed E-state index contributed by atoms with van der Waals surface area (Å²) in [5.74, 6) is 1.08. The molecule has 0 aliphatic heterocycles. The van der Waals surface area contributed by atoms with Crippen LogP contribution in [0.1, 0.15) is 16.2 Å². The number of thioether (sulfide) groups is 1. The number of nitrogens with two attached hydrogens (primary N) is 1. The number of primary sulfonamides is 1. The smallest absolute Gasteiger partial charge is 0.255 e. The zero-order valence-electron chi connectivity index (χ0n) is 13.1. The molecule has 0 aliphatic carbocycles. The Hall–Kier alpha value is -2.11. The van der Waals surface area contributed by atoms with E-state index in [0.29, 0.717) is 23.3 Å². The molecule has 0 spiro atoms. The van der Waals surface area contributed by atoms with Gasteiger partial charge in [0, 0.05) is 12.3 Å². The Balaban J connectivity index is 2.00. The molecule has 2 rings (SSSR count). The molecule has 0 saturated heterocycles. The van der Waals surface area contributed by atoms with Gasteiger partial charge in [0.2, 0.25) is 15.2 Å². The van der Waals surface area contributed by atoms with E-state index in [9.17, 15) is 13.2 Å². The minimum atomic E-state index is -3.90. The number of nitrogens with zero attached hydrogens (tertiary/aromatic N) is 2. The predicted octanol–water partition coefficient (Wildman–Crippen LogP) is 0.291. The number of hydrogen-bond acceptors (Lipinski definition) is 7. The van der Waals surface area contributed by atoms with Crippen LogP contribution in [0.5, 0.6) is 5.75 Å². The van der Waals surface area contributed by atoms with Gasteiger partial charge in [-0.2, -0.15) is 0 Å². The van der Waals surface area contributed by atoms with E-state index in [1.54, 1.807) is 6.92 Å². The van der Waals surface area contributed by atoms with Crippen molar-refractivity contribution in [3.8, 4) is 5.75 Å². The van der Waals surface area contributed by atoms with Crippen LogP contribution in [0.2, 0.25) is 0 Å². The first-order valence-electron chi connectivity index (χ1n) is 6.82. The molecule has 0 radical (unpaired) electrons. The summed E-state index contributed by atoms with van der Waals surface area (Å²) in [7, 11) is -2.51. The summed E-state index contributed by atoms with van der Waals surface area (Å²) in [5.41, 5.74) is 0.0998. The largest absolute Gasteiger partial charge is 0.496 e. The number of rotatable bonds is 7. The van der Waals surface area contributed by atoms with Gasteiger partial charge in [-0.15, -0.1) is 5.10 Å².